The summed E-state index contributed by atoms with van der Waals surface area (Å²) in [6.45, 7) is 0.333. The molecule has 0 bridgehead atoms. The number of ketones is 2. The lowest BCUT2D eigenvalue weighted by Gasteiger charge is -2.09. The van der Waals surface area contributed by atoms with Crippen LogP contribution < -0.4 is 9.47 Å². The lowest BCUT2D eigenvalue weighted by atomic mass is 10.1. The van der Waals surface area contributed by atoms with Crippen molar-refractivity contribution in [2.45, 2.75) is 13.0 Å². The third kappa shape index (κ3) is 6.68. The molecule has 4 rings (SSSR count). The van der Waals surface area contributed by atoms with Crippen LogP contribution in [0.5, 0.6) is 11.5 Å². The van der Waals surface area contributed by atoms with Crippen molar-refractivity contribution in [3.63, 3.8) is 0 Å². The van der Waals surface area contributed by atoms with Crippen LogP contribution in [0.4, 0.5) is 0 Å². The number of rotatable bonds is 10. The van der Waals surface area contributed by atoms with E-state index in [9.17, 15) is 9.59 Å². The summed E-state index contributed by atoms with van der Waals surface area (Å²) in [6.07, 6.45) is 10.8. The Morgan fingerprint density at radius 1 is 0.829 bits per heavy atom. The zero-order valence-electron chi connectivity index (χ0n) is 19.1. The number of carbonyl (C=O) groups is 2. The van der Waals surface area contributed by atoms with Gasteiger partial charge >= 0.3 is 0 Å². The van der Waals surface area contributed by atoms with Crippen LogP contribution in [0.3, 0.4) is 0 Å². The molecular formula is C28H23N3O4. The van der Waals surface area contributed by atoms with E-state index in [1.165, 1.54) is 12.2 Å². The first-order valence-corrected chi connectivity index (χ1v) is 10.9. The normalized spacial score (nSPS) is 11.2. The van der Waals surface area contributed by atoms with Crippen LogP contribution in [0, 0.1) is 0 Å². The number of pyridine rings is 1. The van der Waals surface area contributed by atoms with E-state index in [1.54, 1.807) is 56.1 Å². The van der Waals surface area contributed by atoms with Gasteiger partial charge in [-0.15, -0.1) is 0 Å². The van der Waals surface area contributed by atoms with Gasteiger partial charge in [0.1, 0.15) is 18.1 Å². The maximum absolute atomic E-state index is 12.3. The van der Waals surface area contributed by atoms with Crippen molar-refractivity contribution in [2.75, 3.05) is 7.11 Å². The Labute approximate surface area is 202 Å². The summed E-state index contributed by atoms with van der Waals surface area (Å²) in [4.78, 5) is 37.2. The summed E-state index contributed by atoms with van der Waals surface area (Å²) in [5.41, 5.74) is 3.84. The summed E-state index contributed by atoms with van der Waals surface area (Å²) < 4.78 is 11.2. The number of fused-ring (bicyclic) bond motifs is 1. The summed E-state index contributed by atoms with van der Waals surface area (Å²) >= 11 is 0. The third-order valence-electron chi connectivity index (χ3n) is 5.07. The molecule has 0 aliphatic rings. The van der Waals surface area contributed by atoms with Crippen molar-refractivity contribution >= 4 is 34.8 Å². The zero-order chi connectivity index (χ0) is 24.5. The van der Waals surface area contributed by atoms with Gasteiger partial charge in [0.15, 0.2) is 11.6 Å². The molecule has 4 aromatic rings. The van der Waals surface area contributed by atoms with Gasteiger partial charge in [-0.1, -0.05) is 18.2 Å². The highest BCUT2D eigenvalue weighted by atomic mass is 16.5. The van der Waals surface area contributed by atoms with Crippen molar-refractivity contribution in [3.05, 3.63) is 102 Å². The number of hydrogen-bond acceptors (Lipinski definition) is 7. The van der Waals surface area contributed by atoms with Crippen molar-refractivity contribution in [3.8, 4) is 11.5 Å². The summed E-state index contributed by atoms with van der Waals surface area (Å²) in [5, 5.41) is 0. The number of nitrogens with zero attached hydrogens (tertiary/aromatic N) is 3. The van der Waals surface area contributed by atoms with Crippen LogP contribution in [0.25, 0.3) is 23.2 Å². The van der Waals surface area contributed by atoms with E-state index in [2.05, 4.69) is 15.0 Å². The van der Waals surface area contributed by atoms with E-state index in [0.717, 1.165) is 22.3 Å². The molecule has 0 N–H and O–H groups in total. The average Bonchev–Trinajstić information content (AvgIpc) is 2.90. The molecule has 0 fully saturated rings. The van der Waals surface area contributed by atoms with Gasteiger partial charge in [0.2, 0.25) is 0 Å². The molecule has 0 saturated heterocycles. The van der Waals surface area contributed by atoms with E-state index in [4.69, 9.17) is 9.47 Å². The highest BCUT2D eigenvalue weighted by Gasteiger charge is 2.07. The monoisotopic (exact) mass is 465 g/mol. The number of benzene rings is 2. The fourth-order valence-electron chi connectivity index (χ4n) is 3.31. The Kier molecular flexibility index (Phi) is 7.70. The van der Waals surface area contributed by atoms with Crippen molar-refractivity contribution in [1.29, 1.82) is 0 Å². The number of ether oxygens (including phenoxy) is 2. The lowest BCUT2D eigenvalue weighted by molar-refractivity contribution is -0.121. The number of allylic oxidation sites excluding steroid dienone is 2. The van der Waals surface area contributed by atoms with Crippen LogP contribution in [-0.4, -0.2) is 33.6 Å². The molecule has 0 spiro atoms. The number of methoxy groups -OCH3 is 1. The average molecular weight is 466 g/mol. The highest BCUT2D eigenvalue weighted by molar-refractivity contribution is 6.11. The van der Waals surface area contributed by atoms with E-state index in [0.29, 0.717) is 23.7 Å². The molecule has 174 valence electrons. The fraction of sp³-hybridized carbons (Fsp3) is 0.107. The molecule has 0 radical (unpaired) electrons. The van der Waals surface area contributed by atoms with Gasteiger partial charge in [-0.3, -0.25) is 24.5 Å². The first kappa shape index (κ1) is 23.5. The molecule has 0 saturated carbocycles. The number of hydrogen-bond donors (Lipinski definition) is 0. The van der Waals surface area contributed by atoms with Crippen molar-refractivity contribution in [2.24, 2.45) is 0 Å². The Balaban J connectivity index is 1.33. The smallest absolute Gasteiger partial charge is 0.163 e. The Hall–Kier alpha value is -4.65. The van der Waals surface area contributed by atoms with E-state index in [-0.39, 0.29) is 18.0 Å². The minimum atomic E-state index is -0.304. The molecule has 0 amide bonds. The maximum Gasteiger partial charge on any atom is 0.163 e. The van der Waals surface area contributed by atoms with Gasteiger partial charge in [0.05, 0.1) is 30.3 Å². The SMILES string of the molecule is COc1cc(OCc2ccccn2)ccc1/C=C/C(=O)CC(=O)/C=C/c1ccc2nccnc2c1. The number of carbonyl (C=O) groups excluding carboxylic acids is 2. The van der Waals surface area contributed by atoms with Crippen LogP contribution in [-0.2, 0) is 16.2 Å². The summed E-state index contributed by atoms with van der Waals surface area (Å²) in [7, 11) is 1.55. The molecule has 0 atom stereocenters. The van der Waals surface area contributed by atoms with Gasteiger partial charge in [0, 0.05) is 30.2 Å². The van der Waals surface area contributed by atoms with Gasteiger partial charge in [-0.2, -0.15) is 0 Å². The van der Waals surface area contributed by atoms with Crippen LogP contribution >= 0.6 is 0 Å². The standard InChI is InChI=1S/C28H23N3O4/c1-34-28-18-25(35-19-22-4-2-3-13-29-22)11-8-21(28)7-10-24(33)17-23(32)9-5-20-6-12-26-27(16-20)31-15-14-30-26/h2-16,18H,17,19H2,1H3/b9-5+,10-7+. The molecule has 7 nitrogen and oxygen atoms in total. The van der Waals surface area contributed by atoms with Crippen molar-refractivity contribution in [1.82, 2.24) is 15.0 Å². The van der Waals surface area contributed by atoms with Gasteiger partial charge in [0.25, 0.3) is 0 Å². The maximum atomic E-state index is 12.3. The summed E-state index contributed by atoms with van der Waals surface area (Å²) in [5.74, 6) is 0.583. The molecule has 2 aromatic carbocycles. The molecule has 0 aliphatic carbocycles. The van der Waals surface area contributed by atoms with E-state index in [1.807, 2.05) is 36.4 Å². The molecule has 0 aliphatic heterocycles. The largest absolute Gasteiger partial charge is 0.496 e. The van der Waals surface area contributed by atoms with E-state index < -0.39 is 0 Å². The highest BCUT2D eigenvalue weighted by Crippen LogP contribution is 2.26. The molecule has 35 heavy (non-hydrogen) atoms. The Morgan fingerprint density at radius 3 is 2.40 bits per heavy atom. The van der Waals surface area contributed by atoms with Gasteiger partial charge in [-0.05, 0) is 60.2 Å². The van der Waals surface area contributed by atoms with Gasteiger partial charge < -0.3 is 9.47 Å². The van der Waals surface area contributed by atoms with Crippen molar-refractivity contribution < 1.29 is 19.1 Å². The molecule has 0 unspecified atom stereocenters. The number of aromatic nitrogens is 3. The summed E-state index contributed by atoms with van der Waals surface area (Å²) in [6, 6.07) is 16.5. The second-order valence-corrected chi connectivity index (χ2v) is 7.59. The molecule has 2 aromatic heterocycles. The minimum Gasteiger partial charge on any atom is -0.496 e. The van der Waals surface area contributed by atoms with E-state index >= 15 is 0 Å². The molecular weight excluding hydrogens is 442 g/mol. The first-order chi connectivity index (χ1) is 17.1. The quantitative estimate of drug-likeness (QED) is 0.244. The fourth-order valence-corrected chi connectivity index (χ4v) is 3.31. The topological polar surface area (TPSA) is 91.3 Å². The predicted molar refractivity (Wildman–Crippen MR) is 134 cm³/mol. The second kappa shape index (κ2) is 11.5. The Morgan fingerprint density at radius 2 is 1.63 bits per heavy atom. The second-order valence-electron chi connectivity index (χ2n) is 7.59. The minimum absolute atomic E-state index is 0.228. The lowest BCUT2D eigenvalue weighted by Crippen LogP contribution is -2.02. The van der Waals surface area contributed by atoms with Gasteiger partial charge in [-0.25, -0.2) is 0 Å². The van der Waals surface area contributed by atoms with Crippen LogP contribution in [0.2, 0.25) is 0 Å². The molecule has 7 heteroatoms. The van der Waals surface area contributed by atoms with Crippen LogP contribution in [0.15, 0.2) is 85.3 Å². The predicted octanol–water partition coefficient (Wildman–Crippen LogP) is 4.87. The zero-order valence-corrected chi connectivity index (χ0v) is 19.1. The third-order valence-corrected chi connectivity index (χ3v) is 5.07. The molecule has 2 heterocycles. The van der Waals surface area contributed by atoms with Crippen LogP contribution in [0.1, 0.15) is 23.2 Å². The first-order valence-electron chi connectivity index (χ1n) is 10.9. The Bertz CT molecular complexity index is 1400.